The number of rotatable bonds is 6. The van der Waals surface area contributed by atoms with Crippen molar-refractivity contribution in [1.82, 2.24) is 14.3 Å². The molecule has 0 aliphatic heterocycles. The molecule has 0 unspecified atom stereocenters. The third-order valence-corrected chi connectivity index (χ3v) is 5.53. The van der Waals surface area contributed by atoms with Crippen LogP contribution in [0.1, 0.15) is 23.0 Å². The van der Waals surface area contributed by atoms with E-state index in [0.717, 1.165) is 0 Å². The summed E-state index contributed by atoms with van der Waals surface area (Å²) in [5, 5.41) is 5.55. The van der Waals surface area contributed by atoms with Gasteiger partial charge >= 0.3 is 0 Å². The van der Waals surface area contributed by atoms with Gasteiger partial charge < -0.3 is 15.4 Å². The Morgan fingerprint density at radius 3 is 2.46 bits per heavy atom. The van der Waals surface area contributed by atoms with Gasteiger partial charge in [-0.15, -0.1) is 0 Å². The van der Waals surface area contributed by atoms with Crippen LogP contribution >= 0.6 is 11.6 Å². The molecule has 2 aromatic heterocycles. The second-order valence-corrected chi connectivity index (χ2v) is 8.10. The largest absolute Gasteiger partial charge is 0.456 e. The molecule has 2 amide bonds. The molecule has 0 spiro atoms. The minimum Gasteiger partial charge on any atom is -0.456 e. The van der Waals surface area contributed by atoms with Gasteiger partial charge in [-0.25, -0.2) is 9.67 Å². The fraction of sp³-hybridized carbons (Fsp3) is 0.120. The zero-order valence-electron chi connectivity index (χ0n) is 19.2. The van der Waals surface area contributed by atoms with Crippen molar-refractivity contribution in [1.29, 1.82) is 0 Å². The number of carbonyl (C=O) groups is 2. The van der Waals surface area contributed by atoms with Crippen molar-refractivity contribution in [2.24, 2.45) is 7.05 Å². The molecule has 0 atom stereocenters. The predicted molar refractivity (Wildman–Crippen MR) is 134 cm³/mol. The number of para-hydroxylation sites is 1. The van der Waals surface area contributed by atoms with Crippen LogP contribution in [0.3, 0.4) is 0 Å². The number of halogens is 1. The Kier molecular flexibility index (Phi) is 6.70. The van der Waals surface area contributed by atoms with Crippen molar-refractivity contribution in [2.75, 3.05) is 10.6 Å². The topological polar surface area (TPSA) is 107 Å². The minimum absolute atomic E-state index is 0.0371. The summed E-state index contributed by atoms with van der Waals surface area (Å²) in [6.07, 6.45) is 1.49. The van der Waals surface area contributed by atoms with E-state index in [-0.39, 0.29) is 16.5 Å². The van der Waals surface area contributed by atoms with Gasteiger partial charge in [-0.3, -0.25) is 19.1 Å². The van der Waals surface area contributed by atoms with Gasteiger partial charge in [0.25, 0.3) is 11.5 Å². The molecule has 0 bridgehead atoms. The molecule has 4 rings (SSSR count). The van der Waals surface area contributed by atoms with Crippen molar-refractivity contribution in [2.45, 2.75) is 13.8 Å². The van der Waals surface area contributed by atoms with Gasteiger partial charge in [-0.2, -0.15) is 0 Å². The van der Waals surface area contributed by atoms with E-state index >= 15 is 0 Å². The third kappa shape index (κ3) is 5.10. The lowest BCUT2D eigenvalue weighted by Gasteiger charge is -2.11. The summed E-state index contributed by atoms with van der Waals surface area (Å²) in [5.41, 5.74) is 1.19. The SMILES string of the molecule is CC(=O)Nc1cc(Oc2ccc(NC(=O)c3c(C)n(C)n(-c4ccccc4)c3=O)cc2Cl)ccn1. The molecule has 178 valence electrons. The first kappa shape index (κ1) is 23.8. The van der Waals surface area contributed by atoms with Crippen LogP contribution in [-0.4, -0.2) is 26.2 Å². The second kappa shape index (κ2) is 9.86. The molecular weight excluding hydrogens is 470 g/mol. The zero-order chi connectivity index (χ0) is 25.1. The molecule has 0 saturated heterocycles. The lowest BCUT2D eigenvalue weighted by Crippen LogP contribution is -2.25. The van der Waals surface area contributed by atoms with Gasteiger partial charge in [-0.1, -0.05) is 29.8 Å². The molecule has 9 nitrogen and oxygen atoms in total. The number of nitrogens with one attached hydrogen (secondary N) is 2. The second-order valence-electron chi connectivity index (χ2n) is 7.70. The molecule has 2 aromatic carbocycles. The monoisotopic (exact) mass is 491 g/mol. The van der Waals surface area contributed by atoms with E-state index in [2.05, 4.69) is 15.6 Å². The molecule has 0 saturated carbocycles. The Hall–Kier alpha value is -4.37. The standard InChI is InChI=1S/C25H22ClN5O4/c1-15-23(25(34)31(30(15)3)18-7-5-4-6-8-18)24(33)29-17-9-10-21(20(26)13-17)35-19-11-12-27-22(14-19)28-16(2)32/h4-14H,1-3H3,(H,29,33)(H,27,28,32). The number of hydrogen-bond donors (Lipinski definition) is 2. The Labute approximate surface area is 205 Å². The predicted octanol–water partition coefficient (Wildman–Crippen LogP) is 4.54. The van der Waals surface area contributed by atoms with Crippen LogP contribution in [0, 0.1) is 6.92 Å². The number of carbonyl (C=O) groups excluding carboxylic acids is 2. The number of aromatic nitrogens is 3. The first-order valence-electron chi connectivity index (χ1n) is 10.6. The lowest BCUT2D eigenvalue weighted by atomic mass is 10.2. The molecular formula is C25H22ClN5O4. The maximum atomic E-state index is 13.1. The molecule has 0 radical (unpaired) electrons. The average Bonchev–Trinajstić information content (AvgIpc) is 3.04. The van der Waals surface area contributed by atoms with Crippen molar-refractivity contribution in [3.8, 4) is 17.2 Å². The molecule has 0 fully saturated rings. The Bertz CT molecular complexity index is 1480. The maximum Gasteiger partial charge on any atom is 0.284 e. The molecule has 35 heavy (non-hydrogen) atoms. The quantitative estimate of drug-likeness (QED) is 0.412. The van der Waals surface area contributed by atoms with E-state index in [9.17, 15) is 14.4 Å². The molecule has 0 aliphatic carbocycles. The number of amides is 2. The zero-order valence-corrected chi connectivity index (χ0v) is 20.0. The molecule has 2 heterocycles. The fourth-order valence-corrected chi connectivity index (χ4v) is 3.75. The number of nitrogens with zero attached hydrogens (tertiary/aromatic N) is 3. The van der Waals surface area contributed by atoms with Crippen LogP contribution in [-0.2, 0) is 11.8 Å². The molecule has 4 aromatic rings. The number of hydrogen-bond acceptors (Lipinski definition) is 5. The minimum atomic E-state index is -0.545. The van der Waals surface area contributed by atoms with E-state index < -0.39 is 11.5 Å². The van der Waals surface area contributed by atoms with E-state index in [1.54, 1.807) is 55.1 Å². The highest BCUT2D eigenvalue weighted by molar-refractivity contribution is 6.32. The first-order valence-corrected chi connectivity index (χ1v) is 11.0. The van der Waals surface area contributed by atoms with Gasteiger partial charge in [-0.05, 0) is 43.3 Å². The first-order chi connectivity index (χ1) is 16.7. The average molecular weight is 492 g/mol. The summed E-state index contributed by atoms with van der Waals surface area (Å²) >= 11 is 6.37. The number of anilines is 2. The maximum absolute atomic E-state index is 13.1. The number of pyridine rings is 1. The van der Waals surface area contributed by atoms with E-state index in [4.69, 9.17) is 16.3 Å². The fourth-order valence-electron chi connectivity index (χ4n) is 3.54. The van der Waals surface area contributed by atoms with Gasteiger partial charge in [0, 0.05) is 31.9 Å². The van der Waals surface area contributed by atoms with Crippen molar-refractivity contribution in [3.63, 3.8) is 0 Å². The van der Waals surface area contributed by atoms with Gasteiger partial charge in [0.15, 0.2) is 0 Å². The van der Waals surface area contributed by atoms with Crippen molar-refractivity contribution >= 4 is 34.9 Å². The summed E-state index contributed by atoms with van der Waals surface area (Å²) in [6.45, 7) is 3.09. The lowest BCUT2D eigenvalue weighted by molar-refractivity contribution is -0.114. The summed E-state index contributed by atoms with van der Waals surface area (Å²) in [5.74, 6) is 0.304. The van der Waals surface area contributed by atoms with Gasteiger partial charge in [0.2, 0.25) is 5.91 Å². The molecule has 2 N–H and O–H groups in total. The highest BCUT2D eigenvalue weighted by atomic mass is 35.5. The van der Waals surface area contributed by atoms with Crippen LogP contribution in [0.5, 0.6) is 11.5 Å². The van der Waals surface area contributed by atoms with Crippen molar-refractivity contribution < 1.29 is 14.3 Å². The summed E-state index contributed by atoms with van der Waals surface area (Å²) in [4.78, 5) is 41.3. The summed E-state index contributed by atoms with van der Waals surface area (Å²) < 4.78 is 8.87. The Balaban J connectivity index is 1.54. The smallest absolute Gasteiger partial charge is 0.284 e. The van der Waals surface area contributed by atoms with E-state index in [1.165, 1.54) is 23.9 Å². The highest BCUT2D eigenvalue weighted by Gasteiger charge is 2.22. The number of benzene rings is 2. The highest BCUT2D eigenvalue weighted by Crippen LogP contribution is 2.32. The van der Waals surface area contributed by atoms with Gasteiger partial charge in [0.05, 0.1) is 16.4 Å². The van der Waals surface area contributed by atoms with Crippen molar-refractivity contribution in [3.05, 3.63) is 93.5 Å². The molecule has 0 aliphatic rings. The van der Waals surface area contributed by atoms with E-state index in [0.29, 0.717) is 34.4 Å². The van der Waals surface area contributed by atoms with E-state index in [1.807, 2.05) is 18.2 Å². The molecule has 10 heteroatoms. The Morgan fingerprint density at radius 2 is 1.77 bits per heavy atom. The number of ether oxygens (including phenoxy) is 1. The summed E-state index contributed by atoms with van der Waals surface area (Å²) in [7, 11) is 1.72. The van der Waals surface area contributed by atoms with Crippen LogP contribution in [0.2, 0.25) is 5.02 Å². The van der Waals surface area contributed by atoms with Crippen LogP contribution < -0.4 is 20.9 Å². The summed E-state index contributed by atoms with van der Waals surface area (Å²) in [6, 6.07) is 17.0. The normalized spacial score (nSPS) is 10.6. The van der Waals surface area contributed by atoms with Crippen LogP contribution in [0.4, 0.5) is 11.5 Å². The third-order valence-electron chi connectivity index (χ3n) is 5.23. The van der Waals surface area contributed by atoms with Gasteiger partial charge in [0.1, 0.15) is 22.9 Å². The van der Waals surface area contributed by atoms with Crippen LogP contribution in [0.15, 0.2) is 71.7 Å². The van der Waals surface area contributed by atoms with Crippen LogP contribution in [0.25, 0.3) is 5.69 Å². The Morgan fingerprint density at radius 1 is 1.03 bits per heavy atom.